The summed E-state index contributed by atoms with van der Waals surface area (Å²) in [4.78, 5) is 5.18. The molecule has 0 aromatic heterocycles. The van der Waals surface area contributed by atoms with Crippen molar-refractivity contribution in [1.29, 1.82) is 0 Å². The quantitative estimate of drug-likeness (QED) is 0.750. The Kier molecular flexibility index (Phi) is 6.48. The van der Waals surface area contributed by atoms with Crippen LogP contribution in [0.3, 0.4) is 0 Å². The summed E-state index contributed by atoms with van der Waals surface area (Å²) in [5.74, 6) is 0. The van der Waals surface area contributed by atoms with E-state index in [0.29, 0.717) is 6.04 Å². The summed E-state index contributed by atoms with van der Waals surface area (Å²) in [5, 5.41) is 13.4. The molecule has 124 valence electrons. The lowest BCUT2D eigenvalue weighted by atomic mass is 9.97. The van der Waals surface area contributed by atoms with Crippen molar-refractivity contribution in [2.45, 2.75) is 70.0 Å². The number of hydrogen-bond donors (Lipinski definition) is 2. The van der Waals surface area contributed by atoms with Crippen LogP contribution in [0.1, 0.15) is 52.4 Å². The zero-order valence-corrected chi connectivity index (χ0v) is 14.3. The van der Waals surface area contributed by atoms with E-state index < -0.39 is 0 Å². The zero-order valence-electron chi connectivity index (χ0n) is 14.3. The standard InChI is InChI=1S/C17H35N3O/c1-4-10-18-17(14-21)9-6-16(13-17)19(3)15-7-11-20(5-2)12-8-15/h15-16,18,21H,4-14H2,1-3H3. The normalized spacial score (nSPS) is 32.1. The molecule has 0 aromatic carbocycles. The molecule has 21 heavy (non-hydrogen) atoms. The van der Waals surface area contributed by atoms with Gasteiger partial charge in [-0.1, -0.05) is 13.8 Å². The Morgan fingerprint density at radius 1 is 1.19 bits per heavy atom. The second-order valence-electron chi connectivity index (χ2n) is 7.09. The van der Waals surface area contributed by atoms with Crippen LogP contribution in [0.15, 0.2) is 0 Å². The molecule has 0 spiro atoms. The first-order valence-corrected chi connectivity index (χ1v) is 8.94. The number of piperidine rings is 1. The second-order valence-corrected chi connectivity index (χ2v) is 7.09. The summed E-state index contributed by atoms with van der Waals surface area (Å²) < 4.78 is 0. The maximum absolute atomic E-state index is 9.83. The molecule has 2 unspecified atom stereocenters. The molecule has 2 rings (SSSR count). The van der Waals surface area contributed by atoms with Crippen LogP contribution in [0.25, 0.3) is 0 Å². The van der Waals surface area contributed by atoms with Gasteiger partial charge in [-0.2, -0.15) is 0 Å². The number of aliphatic hydroxyl groups is 1. The van der Waals surface area contributed by atoms with Gasteiger partial charge in [-0.3, -0.25) is 0 Å². The predicted octanol–water partition coefficient (Wildman–Crippen LogP) is 1.69. The lowest BCUT2D eigenvalue weighted by molar-refractivity contribution is 0.0907. The summed E-state index contributed by atoms with van der Waals surface area (Å²) in [6, 6.07) is 1.37. The second kappa shape index (κ2) is 7.91. The minimum Gasteiger partial charge on any atom is -0.394 e. The molecule has 1 saturated carbocycles. The molecule has 4 nitrogen and oxygen atoms in total. The fourth-order valence-corrected chi connectivity index (χ4v) is 4.14. The van der Waals surface area contributed by atoms with E-state index in [2.05, 4.69) is 36.0 Å². The van der Waals surface area contributed by atoms with Crippen LogP contribution < -0.4 is 5.32 Å². The molecule has 2 N–H and O–H groups in total. The monoisotopic (exact) mass is 297 g/mol. The number of aliphatic hydroxyl groups excluding tert-OH is 1. The SMILES string of the molecule is CCCNC1(CO)CCC(N(C)C2CCN(CC)CC2)C1. The van der Waals surface area contributed by atoms with E-state index in [0.717, 1.165) is 31.8 Å². The summed E-state index contributed by atoms with van der Waals surface area (Å²) in [5.41, 5.74) is -0.0148. The van der Waals surface area contributed by atoms with Crippen molar-refractivity contribution >= 4 is 0 Å². The van der Waals surface area contributed by atoms with E-state index in [1.807, 2.05) is 0 Å². The number of nitrogens with one attached hydrogen (secondary N) is 1. The highest BCUT2D eigenvalue weighted by Crippen LogP contribution is 2.34. The van der Waals surface area contributed by atoms with Crippen molar-refractivity contribution in [1.82, 2.24) is 15.1 Å². The van der Waals surface area contributed by atoms with Gasteiger partial charge in [0.15, 0.2) is 0 Å². The van der Waals surface area contributed by atoms with Crippen LogP contribution in [0.5, 0.6) is 0 Å². The van der Waals surface area contributed by atoms with Gasteiger partial charge in [0.25, 0.3) is 0 Å². The molecule has 0 aromatic rings. The average Bonchev–Trinajstić information content (AvgIpc) is 2.97. The van der Waals surface area contributed by atoms with Crippen LogP contribution in [0.4, 0.5) is 0 Å². The van der Waals surface area contributed by atoms with E-state index >= 15 is 0 Å². The van der Waals surface area contributed by atoms with E-state index in [1.54, 1.807) is 0 Å². The van der Waals surface area contributed by atoms with Crippen molar-refractivity contribution in [2.24, 2.45) is 0 Å². The van der Waals surface area contributed by atoms with Gasteiger partial charge >= 0.3 is 0 Å². The molecule has 1 saturated heterocycles. The van der Waals surface area contributed by atoms with Crippen LogP contribution >= 0.6 is 0 Å². The number of rotatable bonds is 7. The third-order valence-electron chi connectivity index (χ3n) is 5.79. The highest BCUT2D eigenvalue weighted by atomic mass is 16.3. The first-order valence-electron chi connectivity index (χ1n) is 8.94. The fourth-order valence-electron chi connectivity index (χ4n) is 4.14. The van der Waals surface area contributed by atoms with Crippen molar-refractivity contribution < 1.29 is 5.11 Å². The third-order valence-corrected chi connectivity index (χ3v) is 5.79. The number of hydrogen-bond acceptors (Lipinski definition) is 4. The van der Waals surface area contributed by atoms with Gasteiger partial charge in [0.1, 0.15) is 0 Å². The van der Waals surface area contributed by atoms with Crippen molar-refractivity contribution in [3.63, 3.8) is 0 Å². The van der Waals surface area contributed by atoms with Crippen LogP contribution in [0.2, 0.25) is 0 Å². The van der Waals surface area contributed by atoms with Crippen molar-refractivity contribution in [3.05, 3.63) is 0 Å². The molecule has 2 aliphatic rings. The molecule has 0 bridgehead atoms. The topological polar surface area (TPSA) is 38.7 Å². The summed E-state index contributed by atoms with van der Waals surface area (Å²) in [6.07, 6.45) is 7.19. The maximum atomic E-state index is 9.83. The van der Waals surface area contributed by atoms with Gasteiger partial charge in [-0.05, 0) is 71.8 Å². The van der Waals surface area contributed by atoms with Crippen LogP contribution in [-0.2, 0) is 0 Å². The molecule has 1 aliphatic carbocycles. The van der Waals surface area contributed by atoms with Gasteiger partial charge in [0.2, 0.25) is 0 Å². The van der Waals surface area contributed by atoms with Gasteiger partial charge < -0.3 is 20.2 Å². The van der Waals surface area contributed by atoms with Crippen LogP contribution in [0, 0.1) is 0 Å². The van der Waals surface area contributed by atoms with Gasteiger partial charge in [0, 0.05) is 17.6 Å². The Balaban J connectivity index is 1.85. The van der Waals surface area contributed by atoms with E-state index in [9.17, 15) is 5.11 Å². The maximum Gasteiger partial charge on any atom is 0.0613 e. The molecule has 0 amide bonds. The van der Waals surface area contributed by atoms with Gasteiger partial charge in [-0.15, -0.1) is 0 Å². The van der Waals surface area contributed by atoms with E-state index in [1.165, 1.54) is 38.9 Å². The molecule has 2 fully saturated rings. The molecule has 1 aliphatic heterocycles. The molecule has 2 atom stereocenters. The van der Waals surface area contributed by atoms with Crippen molar-refractivity contribution in [2.75, 3.05) is 39.8 Å². The summed E-state index contributed by atoms with van der Waals surface area (Å²) in [7, 11) is 2.31. The lowest BCUT2D eigenvalue weighted by Gasteiger charge is -2.40. The highest BCUT2D eigenvalue weighted by Gasteiger charge is 2.41. The van der Waals surface area contributed by atoms with Gasteiger partial charge in [-0.25, -0.2) is 0 Å². The van der Waals surface area contributed by atoms with Crippen molar-refractivity contribution in [3.8, 4) is 0 Å². The predicted molar refractivity (Wildman–Crippen MR) is 88.6 cm³/mol. The molecule has 4 heteroatoms. The minimum atomic E-state index is -0.0148. The Morgan fingerprint density at radius 2 is 1.90 bits per heavy atom. The molecular formula is C17H35N3O. The van der Waals surface area contributed by atoms with E-state index in [-0.39, 0.29) is 12.1 Å². The zero-order chi connectivity index (χ0) is 15.3. The largest absolute Gasteiger partial charge is 0.394 e. The molecule has 0 radical (unpaired) electrons. The smallest absolute Gasteiger partial charge is 0.0613 e. The van der Waals surface area contributed by atoms with E-state index in [4.69, 9.17) is 0 Å². The fraction of sp³-hybridized carbons (Fsp3) is 1.00. The first-order chi connectivity index (χ1) is 10.1. The highest BCUT2D eigenvalue weighted by molar-refractivity contribution is 5.00. The Morgan fingerprint density at radius 3 is 2.48 bits per heavy atom. The Labute approximate surface area is 130 Å². The minimum absolute atomic E-state index is 0.0148. The van der Waals surface area contributed by atoms with Gasteiger partial charge in [0.05, 0.1) is 6.61 Å². The van der Waals surface area contributed by atoms with Crippen LogP contribution in [-0.4, -0.2) is 72.4 Å². The number of nitrogens with zero attached hydrogens (tertiary/aromatic N) is 2. The lowest BCUT2D eigenvalue weighted by Crippen LogP contribution is -2.50. The Bertz CT molecular complexity index is 304. The third kappa shape index (κ3) is 4.19. The Hall–Kier alpha value is -0.160. The first kappa shape index (κ1) is 17.2. The molecular weight excluding hydrogens is 262 g/mol. The summed E-state index contributed by atoms with van der Waals surface area (Å²) in [6.45, 7) is 9.44. The number of likely N-dealkylation sites (tertiary alicyclic amines) is 1. The molecule has 1 heterocycles. The summed E-state index contributed by atoms with van der Waals surface area (Å²) >= 11 is 0. The average molecular weight is 297 g/mol.